The minimum absolute atomic E-state index is 0.261. The van der Waals surface area contributed by atoms with E-state index < -0.39 is 20.7 Å². The molecular formula is C11H13F3N3OSi. The van der Waals surface area contributed by atoms with E-state index in [1.807, 2.05) is 0 Å². The minimum atomic E-state index is -4.38. The number of nitrogens with one attached hydrogen (secondary N) is 1. The van der Waals surface area contributed by atoms with E-state index in [2.05, 4.69) is 14.9 Å². The summed E-state index contributed by atoms with van der Waals surface area (Å²) in [6, 6.07) is 1.95. The second-order valence-corrected chi connectivity index (χ2v) is 7.06. The number of pyridine rings is 1. The van der Waals surface area contributed by atoms with Gasteiger partial charge >= 0.3 is 6.18 Å². The second-order valence-electron chi connectivity index (χ2n) is 4.54. The molecule has 1 N–H and O–H groups in total. The van der Waals surface area contributed by atoms with Crippen LogP contribution in [0.1, 0.15) is 5.56 Å². The topological polar surface area (TPSA) is 37.4 Å². The molecule has 0 atom stereocenters. The van der Waals surface area contributed by atoms with Crippen molar-refractivity contribution in [1.29, 1.82) is 0 Å². The molecule has 1 saturated heterocycles. The van der Waals surface area contributed by atoms with Crippen LogP contribution in [0.4, 0.5) is 19.0 Å². The number of rotatable bonds is 0. The Kier molecular flexibility index (Phi) is 3.13. The molecule has 1 aromatic rings. The Bertz CT molecular complexity index is 483. The summed E-state index contributed by atoms with van der Waals surface area (Å²) in [4.78, 5) is 4.01. The maximum atomic E-state index is 12.7. The van der Waals surface area contributed by atoms with Gasteiger partial charge in [0.2, 0.25) is 0 Å². The van der Waals surface area contributed by atoms with Crippen molar-refractivity contribution in [3.8, 4) is 5.75 Å². The fraction of sp³-hybridized carbons (Fsp3) is 0.545. The average molecular weight is 288 g/mol. The monoisotopic (exact) mass is 288 g/mol. The van der Waals surface area contributed by atoms with Crippen molar-refractivity contribution >= 4 is 14.8 Å². The van der Waals surface area contributed by atoms with Crippen molar-refractivity contribution in [3.05, 3.63) is 17.8 Å². The lowest BCUT2D eigenvalue weighted by Gasteiger charge is -2.34. The molecule has 0 bridgehead atoms. The highest BCUT2D eigenvalue weighted by molar-refractivity contribution is 6.63. The molecule has 0 spiro atoms. The molecule has 8 heteroatoms. The molecule has 1 radical (unpaired) electrons. The number of alkyl halides is 3. The lowest BCUT2D eigenvalue weighted by molar-refractivity contribution is -0.137. The Labute approximate surface area is 110 Å². The summed E-state index contributed by atoms with van der Waals surface area (Å²) >= 11 is 0. The van der Waals surface area contributed by atoms with Crippen LogP contribution in [-0.2, 0) is 6.18 Å². The van der Waals surface area contributed by atoms with Crippen LogP contribution in [0.2, 0.25) is 6.04 Å². The molecule has 3 heterocycles. The van der Waals surface area contributed by atoms with Gasteiger partial charge in [0.1, 0.15) is 0 Å². The van der Waals surface area contributed by atoms with Crippen LogP contribution in [0.25, 0.3) is 0 Å². The molecule has 19 heavy (non-hydrogen) atoms. The maximum absolute atomic E-state index is 12.7. The predicted octanol–water partition coefficient (Wildman–Crippen LogP) is 1.43. The highest BCUT2D eigenvalue weighted by Gasteiger charge is 2.35. The van der Waals surface area contributed by atoms with Gasteiger partial charge in [-0.2, -0.15) is 13.2 Å². The van der Waals surface area contributed by atoms with Crippen molar-refractivity contribution in [2.45, 2.75) is 12.2 Å². The lowest BCUT2D eigenvalue weighted by Crippen LogP contribution is -2.55. The van der Waals surface area contributed by atoms with Gasteiger partial charge in [-0.25, -0.2) is 4.98 Å². The minimum Gasteiger partial charge on any atom is -0.490 e. The van der Waals surface area contributed by atoms with Gasteiger partial charge in [0, 0.05) is 25.5 Å². The van der Waals surface area contributed by atoms with Crippen LogP contribution in [0, 0.1) is 0 Å². The summed E-state index contributed by atoms with van der Waals surface area (Å²) in [5.74, 6) is 0.831. The van der Waals surface area contributed by atoms with Gasteiger partial charge in [-0.05, 0) is 12.1 Å². The number of anilines is 1. The highest BCUT2D eigenvalue weighted by Crippen LogP contribution is 2.36. The standard InChI is InChI=1S/C11H13F3N3OSi/c12-11(13,14)8-5-9-10(16-6-8)17-2-1-15-7-19(17)4-3-18-9/h5-6,15H,1-4,7H2. The molecule has 0 aromatic carbocycles. The van der Waals surface area contributed by atoms with Gasteiger partial charge in [-0.15, -0.1) is 0 Å². The molecule has 0 amide bonds. The van der Waals surface area contributed by atoms with E-state index in [4.69, 9.17) is 4.74 Å². The fourth-order valence-corrected chi connectivity index (χ4v) is 4.67. The Hall–Kier alpha value is -1.28. The molecule has 0 unspecified atom stereocenters. The van der Waals surface area contributed by atoms with Gasteiger partial charge in [0.05, 0.1) is 12.2 Å². The Morgan fingerprint density at radius 3 is 3.05 bits per heavy atom. The first kappa shape index (κ1) is 12.7. The third-order valence-electron chi connectivity index (χ3n) is 3.29. The van der Waals surface area contributed by atoms with E-state index >= 15 is 0 Å². The molecule has 103 valence electrons. The Morgan fingerprint density at radius 1 is 1.42 bits per heavy atom. The number of fused-ring (bicyclic) bond motifs is 3. The first-order valence-electron chi connectivity index (χ1n) is 6.09. The molecular weight excluding hydrogens is 275 g/mol. The number of halogens is 3. The summed E-state index contributed by atoms with van der Waals surface area (Å²) in [6.07, 6.45) is -2.57. The molecule has 2 aliphatic rings. The van der Waals surface area contributed by atoms with E-state index in [0.29, 0.717) is 12.4 Å². The van der Waals surface area contributed by atoms with E-state index in [-0.39, 0.29) is 5.75 Å². The summed E-state index contributed by atoms with van der Waals surface area (Å²) in [6.45, 7) is 2.07. The van der Waals surface area contributed by atoms with Gasteiger partial charge < -0.3 is 14.6 Å². The Morgan fingerprint density at radius 2 is 2.26 bits per heavy atom. The normalized spacial score (nSPS) is 20.3. The number of hydrogen-bond donors (Lipinski definition) is 1. The zero-order valence-corrected chi connectivity index (χ0v) is 11.1. The van der Waals surface area contributed by atoms with Crippen molar-refractivity contribution < 1.29 is 17.9 Å². The second kappa shape index (κ2) is 4.68. The summed E-state index contributed by atoms with van der Waals surface area (Å²) in [5, 5.41) is 3.32. The molecule has 3 rings (SSSR count). The first-order valence-corrected chi connectivity index (χ1v) is 7.95. The van der Waals surface area contributed by atoms with Crippen LogP contribution < -0.4 is 14.6 Å². The number of aromatic nitrogens is 1. The van der Waals surface area contributed by atoms with E-state index in [0.717, 1.165) is 37.6 Å². The third kappa shape index (κ3) is 2.42. The zero-order chi connectivity index (χ0) is 13.5. The van der Waals surface area contributed by atoms with Crippen LogP contribution in [0.15, 0.2) is 12.3 Å². The van der Waals surface area contributed by atoms with Gasteiger partial charge in [0.15, 0.2) is 20.5 Å². The van der Waals surface area contributed by atoms with Gasteiger partial charge in [-0.3, -0.25) is 0 Å². The predicted molar refractivity (Wildman–Crippen MR) is 65.5 cm³/mol. The molecule has 1 fully saturated rings. The summed E-state index contributed by atoms with van der Waals surface area (Å²) in [5.41, 5.74) is -0.753. The van der Waals surface area contributed by atoms with Gasteiger partial charge in [0.25, 0.3) is 0 Å². The molecule has 0 aliphatic carbocycles. The number of nitrogens with zero attached hydrogens (tertiary/aromatic N) is 2. The van der Waals surface area contributed by atoms with Crippen LogP contribution in [0.3, 0.4) is 0 Å². The third-order valence-corrected chi connectivity index (χ3v) is 5.93. The first-order chi connectivity index (χ1) is 9.05. The van der Waals surface area contributed by atoms with Crippen molar-refractivity contribution in [3.63, 3.8) is 0 Å². The SMILES string of the molecule is FC(F)(F)c1cnc2c(c1)OCC[Si]1CNCCN21. The van der Waals surface area contributed by atoms with Crippen LogP contribution in [-0.4, -0.2) is 39.8 Å². The van der Waals surface area contributed by atoms with Crippen molar-refractivity contribution in [1.82, 2.24) is 10.3 Å². The quantitative estimate of drug-likeness (QED) is 0.733. The molecule has 2 aliphatic heterocycles. The largest absolute Gasteiger partial charge is 0.490 e. The maximum Gasteiger partial charge on any atom is 0.418 e. The molecule has 1 aromatic heterocycles. The molecule has 0 saturated carbocycles. The van der Waals surface area contributed by atoms with E-state index in [1.54, 1.807) is 0 Å². The van der Waals surface area contributed by atoms with Crippen LogP contribution >= 0.6 is 0 Å². The Balaban J connectivity index is 1.99. The van der Waals surface area contributed by atoms with Crippen LogP contribution in [0.5, 0.6) is 5.75 Å². The number of ether oxygens (including phenoxy) is 1. The smallest absolute Gasteiger partial charge is 0.418 e. The van der Waals surface area contributed by atoms with E-state index in [9.17, 15) is 13.2 Å². The summed E-state index contributed by atoms with van der Waals surface area (Å²) in [7, 11) is -0.832. The lowest BCUT2D eigenvalue weighted by atomic mass is 10.2. The fourth-order valence-electron chi connectivity index (χ4n) is 2.34. The number of hydrogen-bond acceptors (Lipinski definition) is 4. The van der Waals surface area contributed by atoms with Crippen molar-refractivity contribution in [2.24, 2.45) is 0 Å². The summed E-state index contributed by atoms with van der Waals surface area (Å²) < 4.78 is 45.7. The average Bonchev–Trinajstić information content (AvgIpc) is 2.56. The highest BCUT2D eigenvalue weighted by atomic mass is 28.3. The van der Waals surface area contributed by atoms with Crippen molar-refractivity contribution in [2.75, 3.05) is 30.4 Å². The van der Waals surface area contributed by atoms with E-state index in [1.165, 1.54) is 0 Å². The molecule has 4 nitrogen and oxygen atoms in total. The van der Waals surface area contributed by atoms with Gasteiger partial charge in [-0.1, -0.05) is 0 Å². The zero-order valence-electron chi connectivity index (χ0n) is 10.1.